The molecule has 4 amide bonds. The summed E-state index contributed by atoms with van der Waals surface area (Å²) in [4.78, 5) is 54.3. The molecule has 2 aromatic rings. The molecule has 1 saturated heterocycles. The van der Waals surface area contributed by atoms with E-state index in [9.17, 15) is 19.2 Å². The highest BCUT2D eigenvalue weighted by Gasteiger charge is 2.38. The molecule has 39 heavy (non-hydrogen) atoms. The number of nitrogens with one attached hydrogen (secondary N) is 3. The predicted octanol–water partition coefficient (Wildman–Crippen LogP) is 3.09. The topological polar surface area (TPSA) is 108 Å². The maximum Gasteiger partial charge on any atom is 0.246 e. The van der Waals surface area contributed by atoms with Crippen molar-refractivity contribution in [3.05, 3.63) is 77.9 Å². The van der Waals surface area contributed by atoms with E-state index >= 15 is 0 Å². The molecule has 208 valence electrons. The Morgan fingerprint density at radius 2 is 1.64 bits per heavy atom. The first-order chi connectivity index (χ1) is 18.8. The van der Waals surface area contributed by atoms with Gasteiger partial charge in [0, 0.05) is 25.6 Å². The van der Waals surface area contributed by atoms with E-state index < -0.39 is 24.0 Å². The van der Waals surface area contributed by atoms with Gasteiger partial charge in [0.15, 0.2) is 0 Å². The number of hydrogen-bond donors (Lipinski definition) is 3. The number of hydrogen-bond acceptors (Lipinski definition) is 4. The van der Waals surface area contributed by atoms with Crippen LogP contribution in [0.2, 0.25) is 0 Å². The fraction of sp³-hybridized carbons (Fsp3) is 0.419. The van der Waals surface area contributed by atoms with E-state index in [0.717, 1.165) is 17.5 Å². The molecule has 1 aliphatic rings. The Labute approximate surface area is 231 Å². The number of carbonyl (C=O) groups is 4. The van der Waals surface area contributed by atoms with Crippen molar-refractivity contribution in [2.75, 3.05) is 13.1 Å². The smallest absolute Gasteiger partial charge is 0.246 e. The first-order valence-electron chi connectivity index (χ1n) is 13.8. The molecule has 1 aliphatic heterocycles. The van der Waals surface area contributed by atoms with Crippen LogP contribution in [0.1, 0.15) is 51.2 Å². The van der Waals surface area contributed by atoms with E-state index in [4.69, 9.17) is 0 Å². The van der Waals surface area contributed by atoms with Crippen molar-refractivity contribution < 1.29 is 19.2 Å². The summed E-state index contributed by atoms with van der Waals surface area (Å²) in [5.74, 6) is -1.45. The molecule has 0 bridgehead atoms. The van der Waals surface area contributed by atoms with Crippen LogP contribution in [-0.2, 0) is 25.6 Å². The molecule has 3 rings (SSSR count). The first kappa shape index (κ1) is 29.6. The third kappa shape index (κ3) is 8.53. The Morgan fingerprint density at radius 3 is 2.28 bits per heavy atom. The highest BCUT2D eigenvalue weighted by molar-refractivity contribution is 5.97. The molecule has 2 aromatic carbocycles. The molecule has 3 N–H and O–H groups in total. The Balaban J connectivity index is 1.79. The molecule has 0 saturated carbocycles. The molecular formula is C31H40N4O4. The second-order valence-corrected chi connectivity index (χ2v) is 9.95. The van der Waals surface area contributed by atoms with Gasteiger partial charge in [-0.2, -0.15) is 0 Å². The standard InChI is InChI=1S/C31H40N4O4/c1-4-22(3)28(34-27(36)19-18-23-13-8-6-9-14-23)30(38)33-25(21-24-15-10-7-11-16-24)31(39)35-20-12-17-26(35)29(37)32-5-2/h6-11,13-16,18-19,22,25-26,28H,4-5,12,17,20-21H2,1-3H3,(H,32,37)(H,33,38)(H,34,36)/t22-,25-,26-,28-/m0/s1. The maximum absolute atomic E-state index is 13.8. The lowest BCUT2D eigenvalue weighted by Crippen LogP contribution is -2.58. The van der Waals surface area contributed by atoms with Gasteiger partial charge in [0.1, 0.15) is 18.1 Å². The normalized spacial score (nSPS) is 17.3. The Kier molecular flexibility index (Phi) is 11.3. The molecule has 1 heterocycles. The van der Waals surface area contributed by atoms with Crippen molar-refractivity contribution >= 4 is 29.7 Å². The van der Waals surface area contributed by atoms with Crippen LogP contribution >= 0.6 is 0 Å². The van der Waals surface area contributed by atoms with Crippen molar-refractivity contribution in [3.8, 4) is 0 Å². The first-order valence-corrected chi connectivity index (χ1v) is 13.8. The number of benzene rings is 2. The van der Waals surface area contributed by atoms with Gasteiger partial charge in [-0.3, -0.25) is 19.2 Å². The molecular weight excluding hydrogens is 492 g/mol. The third-order valence-corrected chi connectivity index (χ3v) is 7.11. The molecule has 8 nitrogen and oxygen atoms in total. The minimum atomic E-state index is -0.877. The van der Waals surface area contributed by atoms with Crippen LogP contribution in [0.5, 0.6) is 0 Å². The van der Waals surface area contributed by atoms with Gasteiger partial charge < -0.3 is 20.9 Å². The van der Waals surface area contributed by atoms with Crippen molar-refractivity contribution in [1.29, 1.82) is 0 Å². The predicted molar refractivity (Wildman–Crippen MR) is 152 cm³/mol. The van der Waals surface area contributed by atoms with Crippen LogP contribution in [0.4, 0.5) is 0 Å². The summed E-state index contributed by atoms with van der Waals surface area (Å²) < 4.78 is 0. The number of nitrogens with zero attached hydrogens (tertiary/aromatic N) is 1. The van der Waals surface area contributed by atoms with Gasteiger partial charge in [-0.05, 0) is 42.9 Å². The van der Waals surface area contributed by atoms with Crippen LogP contribution in [0.3, 0.4) is 0 Å². The van der Waals surface area contributed by atoms with Gasteiger partial charge in [-0.25, -0.2) is 0 Å². The van der Waals surface area contributed by atoms with Gasteiger partial charge in [-0.15, -0.1) is 0 Å². The quantitative estimate of drug-likeness (QED) is 0.365. The minimum Gasteiger partial charge on any atom is -0.355 e. The average molecular weight is 533 g/mol. The highest BCUT2D eigenvalue weighted by atomic mass is 16.2. The summed E-state index contributed by atoms with van der Waals surface area (Å²) in [5.41, 5.74) is 1.76. The summed E-state index contributed by atoms with van der Waals surface area (Å²) in [6.45, 7) is 6.62. The molecule has 0 unspecified atom stereocenters. The van der Waals surface area contributed by atoms with Gasteiger partial charge in [0.05, 0.1) is 0 Å². The van der Waals surface area contributed by atoms with Gasteiger partial charge >= 0.3 is 0 Å². The SMILES string of the molecule is CCNC(=O)[C@@H]1CCCN1C(=O)[C@H](Cc1ccccc1)NC(=O)[C@@H](NC(=O)C=Cc1ccccc1)[C@@H](C)CC. The monoisotopic (exact) mass is 532 g/mol. The summed E-state index contributed by atoms with van der Waals surface area (Å²) in [7, 11) is 0. The van der Waals surface area contributed by atoms with Crippen LogP contribution < -0.4 is 16.0 Å². The Bertz CT molecular complexity index is 1140. The number of likely N-dealkylation sites (tertiary alicyclic amines) is 1. The zero-order chi connectivity index (χ0) is 28.2. The number of rotatable bonds is 12. The fourth-order valence-electron chi connectivity index (χ4n) is 4.75. The molecule has 0 spiro atoms. The van der Waals surface area contributed by atoms with E-state index in [1.165, 1.54) is 6.08 Å². The lowest BCUT2D eigenvalue weighted by molar-refractivity contribution is -0.142. The van der Waals surface area contributed by atoms with Crippen molar-refractivity contribution in [3.63, 3.8) is 0 Å². The number of likely N-dealkylation sites (N-methyl/N-ethyl adjacent to an activating group) is 1. The Hall–Kier alpha value is -3.94. The van der Waals surface area contributed by atoms with Crippen molar-refractivity contribution in [2.24, 2.45) is 5.92 Å². The van der Waals surface area contributed by atoms with E-state index in [2.05, 4.69) is 16.0 Å². The minimum absolute atomic E-state index is 0.165. The summed E-state index contributed by atoms with van der Waals surface area (Å²) in [6.07, 6.45) is 5.34. The van der Waals surface area contributed by atoms with E-state index in [1.54, 1.807) is 11.0 Å². The second kappa shape index (κ2) is 14.9. The van der Waals surface area contributed by atoms with E-state index in [0.29, 0.717) is 25.9 Å². The number of amides is 4. The van der Waals surface area contributed by atoms with Crippen molar-refractivity contribution in [1.82, 2.24) is 20.9 Å². The third-order valence-electron chi connectivity index (χ3n) is 7.11. The zero-order valence-corrected chi connectivity index (χ0v) is 23.1. The van der Waals surface area contributed by atoms with Crippen molar-refractivity contribution in [2.45, 2.75) is 64.6 Å². The second-order valence-electron chi connectivity index (χ2n) is 9.95. The fourth-order valence-corrected chi connectivity index (χ4v) is 4.75. The van der Waals surface area contributed by atoms with Crippen LogP contribution in [0.15, 0.2) is 66.7 Å². The molecule has 8 heteroatoms. The molecule has 4 atom stereocenters. The lowest BCUT2D eigenvalue weighted by Gasteiger charge is -2.30. The van der Waals surface area contributed by atoms with Gasteiger partial charge in [-0.1, -0.05) is 80.9 Å². The summed E-state index contributed by atoms with van der Waals surface area (Å²) >= 11 is 0. The molecule has 0 aromatic heterocycles. The number of carbonyl (C=O) groups excluding carboxylic acids is 4. The van der Waals surface area contributed by atoms with Gasteiger partial charge in [0.25, 0.3) is 0 Å². The molecule has 0 radical (unpaired) electrons. The Morgan fingerprint density at radius 1 is 0.974 bits per heavy atom. The largest absolute Gasteiger partial charge is 0.355 e. The highest BCUT2D eigenvalue weighted by Crippen LogP contribution is 2.20. The van der Waals surface area contributed by atoms with Crippen LogP contribution in [-0.4, -0.2) is 59.7 Å². The lowest BCUT2D eigenvalue weighted by atomic mass is 9.97. The summed E-state index contributed by atoms with van der Waals surface area (Å²) in [6, 6.07) is 16.6. The van der Waals surface area contributed by atoms with Gasteiger partial charge in [0.2, 0.25) is 23.6 Å². The van der Waals surface area contributed by atoms with E-state index in [-0.39, 0.29) is 30.1 Å². The molecule has 0 aliphatic carbocycles. The molecule has 1 fully saturated rings. The van der Waals surface area contributed by atoms with Crippen LogP contribution in [0.25, 0.3) is 6.08 Å². The summed E-state index contributed by atoms with van der Waals surface area (Å²) in [5, 5.41) is 8.57. The average Bonchev–Trinajstić information content (AvgIpc) is 3.45. The van der Waals surface area contributed by atoms with Crippen LogP contribution in [0, 0.1) is 5.92 Å². The van der Waals surface area contributed by atoms with E-state index in [1.807, 2.05) is 81.4 Å². The zero-order valence-electron chi connectivity index (χ0n) is 23.1. The maximum atomic E-state index is 13.8.